The fourth-order valence-electron chi connectivity index (χ4n) is 3.55. The summed E-state index contributed by atoms with van der Waals surface area (Å²) in [6.45, 7) is 6.75. The number of aromatic nitrogens is 4. The lowest BCUT2D eigenvalue weighted by atomic mass is 10.2. The molecule has 3 aromatic rings. The molecule has 2 heterocycles. The van der Waals surface area contributed by atoms with Crippen LogP contribution >= 0.6 is 12.2 Å². The highest BCUT2D eigenvalue weighted by Gasteiger charge is 2.23. The van der Waals surface area contributed by atoms with E-state index in [4.69, 9.17) is 17.0 Å². The maximum atomic E-state index is 5.60. The van der Waals surface area contributed by atoms with Crippen molar-refractivity contribution >= 4 is 17.9 Å². The van der Waals surface area contributed by atoms with Crippen molar-refractivity contribution in [3.05, 3.63) is 58.9 Å². The number of para-hydroxylation sites is 2. The third-order valence-corrected chi connectivity index (χ3v) is 5.57. The summed E-state index contributed by atoms with van der Waals surface area (Å²) in [4.78, 5) is 3.82. The topological polar surface area (TPSA) is 52.6 Å². The molecule has 4 rings (SSSR count). The van der Waals surface area contributed by atoms with Crippen molar-refractivity contribution in [3.8, 4) is 11.4 Å². The summed E-state index contributed by atoms with van der Waals surface area (Å²) in [6, 6.07) is 16.3. The van der Waals surface area contributed by atoms with E-state index in [1.807, 2.05) is 28.9 Å². The Morgan fingerprint density at radius 3 is 2.46 bits per heavy atom. The molecule has 7 nitrogen and oxygen atoms in total. The molecule has 8 heteroatoms. The predicted molar refractivity (Wildman–Crippen MR) is 111 cm³/mol. The number of tetrazole rings is 1. The molecule has 1 fully saturated rings. The quantitative estimate of drug-likeness (QED) is 0.661. The molecule has 2 aromatic carbocycles. The zero-order valence-electron chi connectivity index (χ0n) is 16.2. The molecule has 146 valence electrons. The molecule has 1 aliphatic heterocycles. The number of anilines is 1. The van der Waals surface area contributed by atoms with Gasteiger partial charge in [-0.3, -0.25) is 0 Å². The minimum atomic E-state index is 0.628. The predicted octanol–water partition coefficient (Wildman–Crippen LogP) is 1.48. The maximum absolute atomic E-state index is 5.60. The average molecular weight is 398 g/mol. The van der Waals surface area contributed by atoms with Crippen LogP contribution in [0.2, 0.25) is 0 Å². The van der Waals surface area contributed by atoms with Gasteiger partial charge in [0.15, 0.2) is 6.67 Å². The van der Waals surface area contributed by atoms with Crippen molar-refractivity contribution in [2.45, 2.75) is 13.6 Å². The van der Waals surface area contributed by atoms with Crippen molar-refractivity contribution in [1.82, 2.24) is 19.8 Å². The van der Waals surface area contributed by atoms with Gasteiger partial charge in [0.2, 0.25) is 4.77 Å². The summed E-state index contributed by atoms with van der Waals surface area (Å²) >= 11 is 5.60. The summed E-state index contributed by atoms with van der Waals surface area (Å²) in [5, 5.41) is 8.54. The number of methoxy groups -OCH3 is 1. The molecule has 1 aliphatic rings. The standard InChI is InChI=1S/C20H24N6OS/c1-16-7-9-17(10-8-16)26-20(28)25(21-22-26)15-23-11-13-24(14-12-23)18-5-3-4-6-19(18)27-2/h3-10H,11-15H2,1-2H3/p+1. The first-order chi connectivity index (χ1) is 13.7. The van der Waals surface area contributed by atoms with E-state index in [1.54, 1.807) is 11.8 Å². The number of ether oxygens (including phenoxy) is 1. The highest BCUT2D eigenvalue weighted by molar-refractivity contribution is 7.71. The van der Waals surface area contributed by atoms with Crippen molar-refractivity contribution in [2.75, 3.05) is 38.2 Å². The van der Waals surface area contributed by atoms with Crippen LogP contribution in [0.4, 0.5) is 5.69 Å². The van der Waals surface area contributed by atoms with Gasteiger partial charge in [-0.25, -0.2) is 0 Å². The van der Waals surface area contributed by atoms with Gasteiger partial charge in [-0.05, 0) is 53.8 Å². The number of quaternary nitrogens is 1. The van der Waals surface area contributed by atoms with Crippen LogP contribution in [-0.2, 0) is 6.67 Å². The van der Waals surface area contributed by atoms with E-state index in [-0.39, 0.29) is 0 Å². The second-order valence-electron chi connectivity index (χ2n) is 7.08. The lowest BCUT2D eigenvalue weighted by Crippen LogP contribution is -3.14. The molecule has 0 bridgehead atoms. The Morgan fingerprint density at radius 1 is 1.04 bits per heavy atom. The van der Waals surface area contributed by atoms with Crippen LogP contribution in [0.1, 0.15) is 5.56 Å². The average Bonchev–Trinajstić information content (AvgIpc) is 3.09. The van der Waals surface area contributed by atoms with Crippen molar-refractivity contribution in [2.24, 2.45) is 0 Å². The Balaban J connectivity index is 1.42. The molecule has 0 unspecified atom stereocenters. The molecular formula is C20H25N6OS+. The summed E-state index contributed by atoms with van der Waals surface area (Å²) in [7, 11) is 1.72. The molecule has 0 aliphatic carbocycles. The molecule has 0 atom stereocenters. The Labute approximate surface area is 169 Å². The molecule has 0 spiro atoms. The number of hydrogen-bond acceptors (Lipinski definition) is 5. The van der Waals surface area contributed by atoms with Gasteiger partial charge >= 0.3 is 0 Å². The minimum absolute atomic E-state index is 0.628. The van der Waals surface area contributed by atoms with Gasteiger partial charge in [0, 0.05) is 0 Å². The smallest absolute Gasteiger partial charge is 0.225 e. The van der Waals surface area contributed by atoms with Crippen LogP contribution in [0.25, 0.3) is 5.69 Å². The van der Waals surface area contributed by atoms with Gasteiger partial charge in [0.05, 0.1) is 44.7 Å². The Hall–Kier alpha value is -2.71. The summed E-state index contributed by atoms with van der Waals surface area (Å²) in [5.74, 6) is 0.925. The van der Waals surface area contributed by atoms with E-state index in [1.165, 1.54) is 10.5 Å². The fraction of sp³-hybridized carbons (Fsp3) is 0.350. The zero-order chi connectivity index (χ0) is 19.5. The summed E-state index contributed by atoms with van der Waals surface area (Å²) in [5.41, 5.74) is 3.31. The molecule has 0 radical (unpaired) electrons. The summed E-state index contributed by atoms with van der Waals surface area (Å²) < 4.78 is 9.67. The Bertz CT molecular complexity index is 988. The van der Waals surface area contributed by atoms with Gasteiger partial charge in [0.25, 0.3) is 0 Å². The Kier molecular flexibility index (Phi) is 5.40. The Morgan fingerprint density at radius 2 is 1.75 bits per heavy atom. The van der Waals surface area contributed by atoms with E-state index < -0.39 is 0 Å². The lowest BCUT2D eigenvalue weighted by Gasteiger charge is -2.33. The molecular weight excluding hydrogens is 372 g/mol. The van der Waals surface area contributed by atoms with Gasteiger partial charge in [-0.1, -0.05) is 29.8 Å². The van der Waals surface area contributed by atoms with Crippen LogP contribution in [0.5, 0.6) is 5.75 Å². The number of benzene rings is 2. The molecule has 28 heavy (non-hydrogen) atoms. The van der Waals surface area contributed by atoms with Crippen LogP contribution in [-0.4, -0.2) is 53.1 Å². The van der Waals surface area contributed by atoms with Crippen LogP contribution in [0, 0.1) is 11.7 Å². The summed E-state index contributed by atoms with van der Waals surface area (Å²) in [6.07, 6.45) is 0. The van der Waals surface area contributed by atoms with Crippen molar-refractivity contribution in [3.63, 3.8) is 0 Å². The number of piperazine rings is 1. The monoisotopic (exact) mass is 397 g/mol. The van der Waals surface area contributed by atoms with Gasteiger partial charge in [0.1, 0.15) is 5.75 Å². The van der Waals surface area contributed by atoms with Gasteiger partial charge < -0.3 is 14.5 Å². The first-order valence-corrected chi connectivity index (χ1v) is 9.88. The second kappa shape index (κ2) is 8.12. The van der Waals surface area contributed by atoms with Crippen LogP contribution in [0.3, 0.4) is 0 Å². The van der Waals surface area contributed by atoms with Crippen molar-refractivity contribution in [1.29, 1.82) is 0 Å². The number of aryl methyl sites for hydroxylation is 1. The largest absolute Gasteiger partial charge is 0.495 e. The molecule has 1 N–H and O–H groups in total. The third-order valence-electron chi connectivity index (χ3n) is 5.19. The highest BCUT2D eigenvalue weighted by atomic mass is 32.1. The number of nitrogens with zero attached hydrogens (tertiary/aromatic N) is 5. The molecule has 1 aromatic heterocycles. The SMILES string of the molecule is COc1ccccc1N1CC[NH+](Cn2nnn(-c3ccc(C)cc3)c2=S)CC1. The van der Waals surface area contributed by atoms with Gasteiger partial charge in [-0.15, -0.1) is 0 Å². The van der Waals surface area contributed by atoms with Gasteiger partial charge in [-0.2, -0.15) is 9.36 Å². The van der Waals surface area contributed by atoms with E-state index in [0.29, 0.717) is 4.77 Å². The van der Waals surface area contributed by atoms with E-state index >= 15 is 0 Å². The lowest BCUT2D eigenvalue weighted by molar-refractivity contribution is -0.924. The first kappa shape index (κ1) is 18.6. The first-order valence-electron chi connectivity index (χ1n) is 9.47. The number of nitrogens with one attached hydrogen (secondary N) is 1. The third kappa shape index (κ3) is 3.79. The highest BCUT2D eigenvalue weighted by Crippen LogP contribution is 2.27. The normalized spacial score (nSPS) is 15.0. The van der Waals surface area contributed by atoms with E-state index in [9.17, 15) is 0 Å². The zero-order valence-corrected chi connectivity index (χ0v) is 17.0. The van der Waals surface area contributed by atoms with Crippen LogP contribution in [0.15, 0.2) is 48.5 Å². The van der Waals surface area contributed by atoms with E-state index in [2.05, 4.69) is 46.5 Å². The molecule has 0 amide bonds. The minimum Gasteiger partial charge on any atom is -0.495 e. The fourth-order valence-corrected chi connectivity index (χ4v) is 3.79. The second-order valence-corrected chi connectivity index (χ2v) is 7.44. The van der Waals surface area contributed by atoms with E-state index in [0.717, 1.165) is 50.0 Å². The number of hydrogen-bond donors (Lipinski definition) is 1. The molecule has 0 saturated carbocycles. The molecule has 1 saturated heterocycles. The number of rotatable bonds is 5. The van der Waals surface area contributed by atoms with Crippen LogP contribution < -0.4 is 14.5 Å². The van der Waals surface area contributed by atoms with Crippen molar-refractivity contribution < 1.29 is 9.64 Å². The maximum Gasteiger partial charge on any atom is 0.225 e.